The first-order valence-electron chi connectivity index (χ1n) is 11.3. The Morgan fingerprint density at radius 1 is 1.15 bits per heavy atom. The molecule has 0 N–H and O–H groups in total. The van der Waals surface area contributed by atoms with Crippen LogP contribution in [-0.4, -0.2) is 91.2 Å². The van der Waals surface area contributed by atoms with Crippen LogP contribution >= 0.6 is 0 Å². The number of hydrogen-bond acceptors (Lipinski definition) is 5. The number of aromatic nitrogens is 1. The summed E-state index contributed by atoms with van der Waals surface area (Å²) in [5.74, 6) is 0.105. The molecular weight excluding hydrogens is 439 g/mol. The monoisotopic (exact) mass is 469 g/mol. The molecule has 1 unspecified atom stereocenters. The standard InChI is InChI=1S/C23H30F3N3O4/c1-16(2)28-7-10-32-19(13-28)14-33-18-3-4-20-17(11-18)12-21(29(20)15-23(24,25)26)22(30)27-5-8-31-9-6-27/h3-4,11-12,16,19H,5-10,13-15H2,1-2H3. The summed E-state index contributed by atoms with van der Waals surface area (Å²) in [4.78, 5) is 16.9. The van der Waals surface area contributed by atoms with Gasteiger partial charge < -0.3 is 23.7 Å². The Labute approximate surface area is 191 Å². The van der Waals surface area contributed by atoms with Crippen molar-refractivity contribution in [2.75, 3.05) is 52.6 Å². The van der Waals surface area contributed by atoms with Gasteiger partial charge in [0.25, 0.3) is 5.91 Å². The van der Waals surface area contributed by atoms with Gasteiger partial charge in [-0.15, -0.1) is 0 Å². The lowest BCUT2D eigenvalue weighted by atomic mass is 10.2. The number of halogens is 3. The Morgan fingerprint density at radius 2 is 1.91 bits per heavy atom. The van der Waals surface area contributed by atoms with Crippen molar-refractivity contribution in [3.63, 3.8) is 0 Å². The molecule has 10 heteroatoms. The molecule has 33 heavy (non-hydrogen) atoms. The summed E-state index contributed by atoms with van der Waals surface area (Å²) in [6, 6.07) is 6.84. The van der Waals surface area contributed by atoms with Gasteiger partial charge in [-0.25, -0.2) is 0 Å². The van der Waals surface area contributed by atoms with Gasteiger partial charge in [0.05, 0.1) is 19.8 Å². The van der Waals surface area contributed by atoms with Crippen LogP contribution in [0, 0.1) is 0 Å². The van der Waals surface area contributed by atoms with Gasteiger partial charge >= 0.3 is 6.18 Å². The molecule has 0 spiro atoms. The van der Waals surface area contributed by atoms with Gasteiger partial charge in [-0.1, -0.05) is 0 Å². The molecule has 2 aliphatic heterocycles. The number of benzene rings is 1. The molecule has 3 heterocycles. The van der Waals surface area contributed by atoms with Crippen molar-refractivity contribution < 1.29 is 32.2 Å². The minimum Gasteiger partial charge on any atom is -0.491 e. The number of amides is 1. The van der Waals surface area contributed by atoms with E-state index in [4.69, 9.17) is 14.2 Å². The summed E-state index contributed by atoms with van der Waals surface area (Å²) in [5, 5.41) is 0.529. The summed E-state index contributed by atoms with van der Waals surface area (Å²) in [7, 11) is 0. The molecule has 2 aromatic rings. The SMILES string of the molecule is CC(C)N1CCOC(COc2ccc3c(c2)cc(C(=O)N2CCOCC2)n3CC(F)(F)F)C1. The molecule has 0 saturated carbocycles. The highest BCUT2D eigenvalue weighted by atomic mass is 19.4. The van der Waals surface area contributed by atoms with Crippen LogP contribution in [-0.2, 0) is 16.0 Å². The summed E-state index contributed by atoms with van der Waals surface area (Å²) >= 11 is 0. The number of carbonyl (C=O) groups excluding carboxylic acids is 1. The van der Waals surface area contributed by atoms with Crippen LogP contribution in [0.1, 0.15) is 24.3 Å². The van der Waals surface area contributed by atoms with E-state index in [1.54, 1.807) is 18.2 Å². The van der Waals surface area contributed by atoms with Crippen LogP contribution in [0.15, 0.2) is 24.3 Å². The maximum absolute atomic E-state index is 13.3. The number of fused-ring (bicyclic) bond motifs is 1. The average Bonchev–Trinajstić information content (AvgIpc) is 3.14. The van der Waals surface area contributed by atoms with Crippen LogP contribution in [0.2, 0.25) is 0 Å². The molecule has 4 rings (SSSR count). The minimum atomic E-state index is -4.46. The first-order valence-corrected chi connectivity index (χ1v) is 11.3. The van der Waals surface area contributed by atoms with Crippen molar-refractivity contribution in [1.82, 2.24) is 14.4 Å². The zero-order chi connectivity index (χ0) is 23.6. The maximum Gasteiger partial charge on any atom is 0.406 e. The molecule has 182 valence electrons. The van der Waals surface area contributed by atoms with Gasteiger partial charge in [-0.05, 0) is 38.1 Å². The van der Waals surface area contributed by atoms with E-state index in [2.05, 4.69) is 18.7 Å². The molecule has 2 fully saturated rings. The average molecular weight is 470 g/mol. The molecule has 2 saturated heterocycles. The molecule has 7 nitrogen and oxygen atoms in total. The van der Waals surface area contributed by atoms with Gasteiger partial charge in [-0.3, -0.25) is 9.69 Å². The van der Waals surface area contributed by atoms with Crippen LogP contribution in [0.25, 0.3) is 10.9 Å². The lowest BCUT2D eigenvalue weighted by Gasteiger charge is -2.35. The fourth-order valence-corrected chi connectivity index (χ4v) is 4.30. The second-order valence-corrected chi connectivity index (χ2v) is 8.75. The lowest BCUT2D eigenvalue weighted by Crippen LogP contribution is -2.47. The zero-order valence-electron chi connectivity index (χ0n) is 18.9. The second kappa shape index (κ2) is 9.90. The van der Waals surface area contributed by atoms with Crippen molar-refractivity contribution in [2.45, 2.75) is 38.7 Å². The number of rotatable bonds is 6. The van der Waals surface area contributed by atoms with Gasteiger partial charge in [0.1, 0.15) is 30.7 Å². The van der Waals surface area contributed by atoms with E-state index in [9.17, 15) is 18.0 Å². The van der Waals surface area contributed by atoms with Gasteiger partial charge in [0, 0.05) is 43.1 Å². The Hall–Kier alpha value is -2.30. The van der Waals surface area contributed by atoms with E-state index in [0.29, 0.717) is 62.2 Å². The smallest absolute Gasteiger partial charge is 0.406 e. The van der Waals surface area contributed by atoms with Crippen molar-refractivity contribution in [2.24, 2.45) is 0 Å². The van der Waals surface area contributed by atoms with Crippen molar-refractivity contribution in [1.29, 1.82) is 0 Å². The van der Waals surface area contributed by atoms with Crippen LogP contribution in [0.3, 0.4) is 0 Å². The van der Waals surface area contributed by atoms with Gasteiger partial charge in [0.15, 0.2) is 0 Å². The molecule has 2 aliphatic rings. The highest BCUT2D eigenvalue weighted by Gasteiger charge is 2.32. The Kier molecular flexibility index (Phi) is 7.16. The number of nitrogens with zero attached hydrogens (tertiary/aromatic N) is 3. The van der Waals surface area contributed by atoms with Crippen molar-refractivity contribution in [3.8, 4) is 5.75 Å². The third-order valence-electron chi connectivity index (χ3n) is 6.06. The quantitative estimate of drug-likeness (QED) is 0.651. The zero-order valence-corrected chi connectivity index (χ0v) is 18.9. The lowest BCUT2D eigenvalue weighted by molar-refractivity contribution is -0.140. The molecule has 1 atom stereocenters. The van der Waals surface area contributed by atoms with Crippen LogP contribution in [0.5, 0.6) is 5.75 Å². The van der Waals surface area contributed by atoms with Crippen LogP contribution in [0.4, 0.5) is 13.2 Å². The van der Waals surface area contributed by atoms with Gasteiger partial charge in [-0.2, -0.15) is 13.2 Å². The highest BCUT2D eigenvalue weighted by Crippen LogP contribution is 2.29. The molecule has 1 aromatic carbocycles. The summed E-state index contributed by atoms with van der Waals surface area (Å²) in [6.07, 6.45) is -4.54. The normalized spacial score (nSPS) is 20.5. The first-order chi connectivity index (χ1) is 15.7. The summed E-state index contributed by atoms with van der Waals surface area (Å²) in [5.41, 5.74) is 0.362. The van der Waals surface area contributed by atoms with Crippen molar-refractivity contribution >= 4 is 16.8 Å². The summed E-state index contributed by atoms with van der Waals surface area (Å²) < 4.78 is 58.0. The Balaban J connectivity index is 1.54. The molecule has 0 aliphatic carbocycles. The Morgan fingerprint density at radius 3 is 2.61 bits per heavy atom. The van der Waals surface area contributed by atoms with E-state index in [0.717, 1.165) is 17.7 Å². The fraction of sp³-hybridized carbons (Fsp3) is 0.609. The van der Waals surface area contributed by atoms with Crippen LogP contribution < -0.4 is 4.74 Å². The highest BCUT2D eigenvalue weighted by molar-refractivity contribution is 5.99. The largest absolute Gasteiger partial charge is 0.491 e. The predicted molar refractivity (Wildman–Crippen MR) is 117 cm³/mol. The second-order valence-electron chi connectivity index (χ2n) is 8.75. The van der Waals surface area contributed by atoms with E-state index < -0.39 is 18.6 Å². The molecule has 1 aromatic heterocycles. The minimum absolute atomic E-state index is 0.0181. The van der Waals surface area contributed by atoms with E-state index >= 15 is 0 Å². The third-order valence-corrected chi connectivity index (χ3v) is 6.06. The predicted octanol–water partition coefficient (Wildman–Crippen LogP) is 3.16. The Bertz CT molecular complexity index is 970. The molecule has 1 amide bonds. The maximum atomic E-state index is 13.3. The van der Waals surface area contributed by atoms with E-state index in [1.165, 1.54) is 11.0 Å². The number of carbonyl (C=O) groups is 1. The van der Waals surface area contributed by atoms with Gasteiger partial charge in [0.2, 0.25) is 0 Å². The molecular formula is C23H30F3N3O4. The number of hydrogen-bond donors (Lipinski definition) is 0. The topological polar surface area (TPSA) is 56.2 Å². The number of ether oxygens (including phenoxy) is 3. The summed E-state index contributed by atoms with van der Waals surface area (Å²) in [6.45, 7) is 7.13. The number of morpholine rings is 2. The van der Waals surface area contributed by atoms with Crippen molar-refractivity contribution in [3.05, 3.63) is 30.0 Å². The van der Waals surface area contributed by atoms with E-state index in [1.807, 2.05) is 0 Å². The number of alkyl halides is 3. The third kappa shape index (κ3) is 5.80. The molecule has 0 radical (unpaired) electrons. The first kappa shape index (κ1) is 23.8. The van der Waals surface area contributed by atoms with E-state index in [-0.39, 0.29) is 11.8 Å². The fourth-order valence-electron chi connectivity index (χ4n) is 4.30. The molecule has 0 bridgehead atoms.